The Morgan fingerprint density at radius 1 is 0.857 bits per heavy atom. The number of halogens is 2. The summed E-state index contributed by atoms with van der Waals surface area (Å²) in [5, 5.41) is 21.1. The van der Waals surface area contributed by atoms with Crippen molar-refractivity contribution in [3.8, 4) is 0 Å². The van der Waals surface area contributed by atoms with Gasteiger partial charge in [-0.1, -0.05) is 47.5 Å². The second kappa shape index (κ2) is 8.65. The maximum absolute atomic E-state index is 10.4. The standard InChI is InChI=1S/C20H20Cl2O6/c21-13-5-1-11(2-6-13)19-25-10-16-18(17(27-19)15(24)9-23)28-20(26-16)12-3-7-14(22)8-4-12/h1-8,15-20,23-24H,9-10H2/t15-,16+,17-,18-,19?,20?/m1/s1. The van der Waals surface area contributed by atoms with E-state index in [2.05, 4.69) is 0 Å². The van der Waals surface area contributed by atoms with Crippen molar-refractivity contribution in [1.82, 2.24) is 0 Å². The molecular weight excluding hydrogens is 407 g/mol. The third-order valence-electron chi connectivity index (χ3n) is 4.81. The number of ether oxygens (including phenoxy) is 4. The molecule has 2 aliphatic heterocycles. The summed E-state index contributed by atoms with van der Waals surface area (Å²) in [6, 6.07) is 14.2. The molecule has 0 radical (unpaired) electrons. The van der Waals surface area contributed by atoms with Crippen LogP contribution in [0.4, 0.5) is 0 Å². The van der Waals surface area contributed by atoms with Crippen molar-refractivity contribution in [2.45, 2.75) is 37.0 Å². The van der Waals surface area contributed by atoms with Crippen molar-refractivity contribution in [3.05, 3.63) is 69.7 Å². The van der Waals surface area contributed by atoms with Crippen LogP contribution in [0.5, 0.6) is 0 Å². The van der Waals surface area contributed by atoms with Gasteiger partial charge in [0.25, 0.3) is 0 Å². The van der Waals surface area contributed by atoms with Crippen LogP contribution in [-0.2, 0) is 18.9 Å². The molecule has 28 heavy (non-hydrogen) atoms. The predicted octanol–water partition coefficient (Wildman–Crippen LogP) is 3.24. The SMILES string of the molecule is OC[C@@H](O)[C@H]1OC(c2ccc(Cl)cc2)OC[C@@H]2OC(c3ccc(Cl)cc3)O[C@@H]12. The molecule has 0 amide bonds. The average Bonchev–Trinajstić information content (AvgIpc) is 3.05. The minimum absolute atomic E-state index is 0.205. The molecule has 2 aliphatic rings. The molecule has 2 N–H and O–H groups in total. The highest BCUT2D eigenvalue weighted by Crippen LogP contribution is 2.39. The summed E-state index contributed by atoms with van der Waals surface area (Å²) >= 11 is 11.9. The van der Waals surface area contributed by atoms with E-state index in [-0.39, 0.29) is 6.61 Å². The molecule has 2 saturated heterocycles. The molecule has 0 aliphatic carbocycles. The van der Waals surface area contributed by atoms with E-state index in [0.717, 1.165) is 11.1 Å². The molecule has 6 atom stereocenters. The van der Waals surface area contributed by atoms with Crippen LogP contribution >= 0.6 is 23.2 Å². The Hall–Kier alpha value is -1.22. The summed E-state index contributed by atoms with van der Waals surface area (Å²) in [7, 11) is 0. The van der Waals surface area contributed by atoms with Crippen LogP contribution in [0.25, 0.3) is 0 Å². The lowest BCUT2D eigenvalue weighted by molar-refractivity contribution is -0.216. The highest BCUT2D eigenvalue weighted by molar-refractivity contribution is 6.30. The monoisotopic (exact) mass is 426 g/mol. The highest BCUT2D eigenvalue weighted by Gasteiger charge is 2.48. The van der Waals surface area contributed by atoms with Gasteiger partial charge in [0.2, 0.25) is 0 Å². The van der Waals surface area contributed by atoms with E-state index in [1.165, 1.54) is 0 Å². The first-order chi connectivity index (χ1) is 13.5. The lowest BCUT2D eigenvalue weighted by Gasteiger charge is -2.28. The maximum atomic E-state index is 10.4. The van der Waals surface area contributed by atoms with Crippen LogP contribution < -0.4 is 0 Å². The smallest absolute Gasteiger partial charge is 0.184 e. The van der Waals surface area contributed by atoms with Gasteiger partial charge in [-0.3, -0.25) is 0 Å². The third-order valence-corrected chi connectivity index (χ3v) is 5.32. The van der Waals surface area contributed by atoms with E-state index < -0.39 is 43.6 Å². The van der Waals surface area contributed by atoms with Crippen LogP contribution in [0.2, 0.25) is 10.0 Å². The van der Waals surface area contributed by atoms with Crippen LogP contribution in [0, 0.1) is 0 Å². The van der Waals surface area contributed by atoms with Gasteiger partial charge in [-0.2, -0.15) is 0 Å². The molecule has 2 unspecified atom stereocenters. The highest BCUT2D eigenvalue weighted by atomic mass is 35.5. The number of hydrogen-bond acceptors (Lipinski definition) is 6. The summed E-state index contributed by atoms with van der Waals surface area (Å²) in [6.07, 6.45) is -4.45. The van der Waals surface area contributed by atoms with Crippen LogP contribution in [-0.4, -0.2) is 47.8 Å². The molecule has 0 bridgehead atoms. The first-order valence-corrected chi connectivity index (χ1v) is 9.68. The predicted molar refractivity (Wildman–Crippen MR) is 102 cm³/mol. The van der Waals surface area contributed by atoms with Crippen LogP contribution in [0.3, 0.4) is 0 Å². The van der Waals surface area contributed by atoms with Gasteiger partial charge in [-0.15, -0.1) is 0 Å². The number of rotatable bonds is 4. The number of aliphatic hydroxyl groups is 2. The van der Waals surface area contributed by atoms with Crippen molar-refractivity contribution < 1.29 is 29.2 Å². The van der Waals surface area contributed by atoms with Gasteiger partial charge in [0.1, 0.15) is 24.4 Å². The Labute approximate surface area is 172 Å². The van der Waals surface area contributed by atoms with E-state index in [1.807, 2.05) is 12.1 Å². The molecule has 0 saturated carbocycles. The summed E-state index contributed by atoms with van der Waals surface area (Å²) < 4.78 is 24.0. The van der Waals surface area contributed by atoms with Crippen molar-refractivity contribution in [2.24, 2.45) is 0 Å². The van der Waals surface area contributed by atoms with E-state index in [1.54, 1.807) is 36.4 Å². The second-order valence-electron chi connectivity index (χ2n) is 6.73. The Balaban J connectivity index is 1.55. The molecule has 2 fully saturated rings. The van der Waals surface area contributed by atoms with E-state index in [4.69, 9.17) is 42.1 Å². The fourth-order valence-electron chi connectivity index (χ4n) is 3.35. The second-order valence-corrected chi connectivity index (χ2v) is 7.60. The molecule has 150 valence electrons. The topological polar surface area (TPSA) is 77.4 Å². The van der Waals surface area contributed by atoms with Gasteiger partial charge in [-0.25, -0.2) is 0 Å². The van der Waals surface area contributed by atoms with E-state index in [0.29, 0.717) is 10.0 Å². The Morgan fingerprint density at radius 2 is 1.43 bits per heavy atom. The van der Waals surface area contributed by atoms with Crippen molar-refractivity contribution >= 4 is 23.2 Å². The number of aliphatic hydroxyl groups excluding tert-OH is 2. The Kier molecular flexibility index (Phi) is 6.20. The zero-order valence-corrected chi connectivity index (χ0v) is 16.3. The minimum Gasteiger partial charge on any atom is -0.394 e. The Morgan fingerprint density at radius 3 is 2.00 bits per heavy atom. The zero-order chi connectivity index (χ0) is 19.7. The van der Waals surface area contributed by atoms with E-state index >= 15 is 0 Å². The molecule has 0 aromatic heterocycles. The summed E-state index contributed by atoms with van der Waals surface area (Å²) in [5.74, 6) is 0. The van der Waals surface area contributed by atoms with Gasteiger partial charge >= 0.3 is 0 Å². The van der Waals surface area contributed by atoms with Crippen molar-refractivity contribution in [1.29, 1.82) is 0 Å². The molecule has 8 heteroatoms. The third kappa shape index (κ3) is 4.20. The van der Waals surface area contributed by atoms with Gasteiger partial charge < -0.3 is 29.2 Å². The van der Waals surface area contributed by atoms with Gasteiger partial charge in [0.05, 0.1) is 13.2 Å². The molecule has 4 rings (SSSR count). The summed E-state index contributed by atoms with van der Waals surface area (Å²) in [4.78, 5) is 0. The fraction of sp³-hybridized carbons (Fsp3) is 0.400. The largest absolute Gasteiger partial charge is 0.394 e. The van der Waals surface area contributed by atoms with Gasteiger partial charge in [0.15, 0.2) is 12.6 Å². The number of fused-ring (bicyclic) bond motifs is 1. The average molecular weight is 427 g/mol. The number of benzene rings is 2. The first kappa shape index (κ1) is 20.1. The minimum atomic E-state index is -1.16. The first-order valence-electron chi connectivity index (χ1n) is 8.93. The molecule has 2 aromatic rings. The molecule has 0 spiro atoms. The van der Waals surface area contributed by atoms with Crippen molar-refractivity contribution in [2.75, 3.05) is 13.2 Å². The quantitative estimate of drug-likeness (QED) is 0.781. The van der Waals surface area contributed by atoms with E-state index in [9.17, 15) is 10.2 Å². The normalized spacial score (nSPS) is 31.2. The van der Waals surface area contributed by atoms with Crippen molar-refractivity contribution in [3.63, 3.8) is 0 Å². The zero-order valence-electron chi connectivity index (χ0n) is 14.8. The molecule has 2 heterocycles. The molecular formula is C20H20Cl2O6. The lowest BCUT2D eigenvalue weighted by atomic mass is 10.0. The fourth-order valence-corrected chi connectivity index (χ4v) is 3.60. The van der Waals surface area contributed by atoms with Gasteiger partial charge in [0, 0.05) is 21.2 Å². The molecule has 2 aromatic carbocycles. The molecule has 6 nitrogen and oxygen atoms in total. The summed E-state index contributed by atoms with van der Waals surface area (Å²) in [5.41, 5.74) is 1.54. The summed E-state index contributed by atoms with van der Waals surface area (Å²) in [6.45, 7) is -0.271. The lowest BCUT2D eigenvalue weighted by Crippen LogP contribution is -2.45. The van der Waals surface area contributed by atoms with Crippen LogP contribution in [0.1, 0.15) is 23.7 Å². The Bertz CT molecular complexity index is 784. The van der Waals surface area contributed by atoms with Crippen LogP contribution in [0.15, 0.2) is 48.5 Å². The number of hydrogen-bond donors (Lipinski definition) is 2. The van der Waals surface area contributed by atoms with Gasteiger partial charge in [-0.05, 0) is 24.3 Å². The maximum Gasteiger partial charge on any atom is 0.184 e.